The Labute approximate surface area is 61.1 Å². The summed E-state index contributed by atoms with van der Waals surface area (Å²) in [6.45, 7) is 8.18. The Morgan fingerprint density at radius 1 is 1.50 bits per heavy atom. The highest BCUT2D eigenvalue weighted by Gasteiger charge is 1.61. The average molecular weight is 168 g/mol. The van der Waals surface area contributed by atoms with Crippen LogP contribution in [0.4, 0.5) is 0 Å². The summed E-state index contributed by atoms with van der Waals surface area (Å²) < 4.78 is 8.74. The molecule has 0 aromatic carbocycles. The van der Waals surface area contributed by atoms with E-state index in [1.165, 1.54) is 0 Å². The molecular formula is C5H13O4P. The summed E-state index contributed by atoms with van der Waals surface area (Å²) in [6, 6.07) is 0. The first-order valence-corrected chi connectivity index (χ1v) is 3.68. The molecule has 0 spiro atoms. The molecule has 0 atom stereocenters. The van der Waals surface area contributed by atoms with Crippen LogP contribution in [0.5, 0.6) is 0 Å². The predicted octanol–water partition coefficient (Wildman–Crippen LogP) is 0.317. The van der Waals surface area contributed by atoms with E-state index in [2.05, 4.69) is 18.9 Å². The Bertz CT molecular complexity index is 91.8. The highest BCUT2D eigenvalue weighted by Crippen LogP contribution is 1.98. The maximum atomic E-state index is 8.74. The third-order valence-corrected chi connectivity index (χ3v) is 0. The molecule has 4 nitrogen and oxygen atoms in total. The molecule has 5 heteroatoms. The van der Waals surface area contributed by atoms with E-state index in [0.717, 1.165) is 0 Å². The van der Waals surface area contributed by atoms with Crippen LogP contribution in [0, 0.1) is 0 Å². The highest BCUT2D eigenvalue weighted by atomic mass is 31.1. The predicted molar refractivity (Wildman–Crippen MR) is 41.0 cm³/mol. The van der Waals surface area contributed by atoms with Crippen molar-refractivity contribution in [3.8, 4) is 0 Å². The topological polar surface area (TPSA) is 77.8 Å². The molecule has 0 amide bonds. The lowest BCUT2D eigenvalue weighted by Crippen LogP contribution is -1.57. The molecule has 0 aliphatic carbocycles. The monoisotopic (exact) mass is 168 g/mol. The molecule has 0 unspecified atom stereocenters. The van der Waals surface area contributed by atoms with Gasteiger partial charge in [0, 0.05) is 6.61 Å². The third-order valence-electron chi connectivity index (χ3n) is 0. The van der Waals surface area contributed by atoms with Crippen molar-refractivity contribution in [1.82, 2.24) is 0 Å². The smallest absolute Gasteiger partial charge is 0.314 e. The van der Waals surface area contributed by atoms with Crippen LogP contribution < -0.4 is 0 Å². The van der Waals surface area contributed by atoms with Gasteiger partial charge in [0.25, 0.3) is 0 Å². The normalized spacial score (nSPS) is 6.10. The summed E-state index contributed by atoms with van der Waals surface area (Å²) in [7, 11) is -3.13. The lowest BCUT2D eigenvalue weighted by molar-refractivity contribution is 0.318. The average Bonchev–Trinajstić information content (AvgIpc) is 1.65. The summed E-state index contributed by atoms with van der Waals surface area (Å²) in [6.07, 6.45) is 0. The fraction of sp³-hybridized carbons (Fsp3) is 0.400. The van der Waals surface area contributed by atoms with E-state index >= 15 is 0 Å². The van der Waals surface area contributed by atoms with Crippen LogP contribution in [0.25, 0.3) is 0 Å². The van der Waals surface area contributed by atoms with Crippen LogP contribution in [0.15, 0.2) is 18.9 Å². The molecule has 0 radical (unpaired) electrons. The largest absolute Gasteiger partial charge is 0.397 e. The molecular weight excluding hydrogens is 155 g/mol. The fourth-order valence-corrected chi connectivity index (χ4v) is 0. The van der Waals surface area contributed by atoms with Gasteiger partial charge < -0.3 is 14.9 Å². The van der Waals surface area contributed by atoms with Gasteiger partial charge in [0.2, 0.25) is 0 Å². The minimum Gasteiger partial charge on any atom is -0.397 e. The van der Waals surface area contributed by atoms with Crippen molar-refractivity contribution in [1.29, 1.82) is 0 Å². The molecule has 0 aromatic rings. The summed E-state index contributed by atoms with van der Waals surface area (Å²) in [5.41, 5.74) is 2.25. The zero-order valence-electron chi connectivity index (χ0n) is 5.87. The molecule has 0 saturated heterocycles. The van der Waals surface area contributed by atoms with Crippen molar-refractivity contribution in [3.05, 3.63) is 18.9 Å². The molecule has 0 aliphatic heterocycles. The number of aliphatic hydroxyl groups is 1. The van der Waals surface area contributed by atoms with Gasteiger partial charge in [-0.2, -0.15) is 0 Å². The number of rotatable bonds is 0. The summed E-state index contributed by atoms with van der Waals surface area (Å²) >= 11 is 0. The Balaban J connectivity index is -0.0000000750. The summed E-state index contributed by atoms with van der Waals surface area (Å²) in [5.74, 6) is 0. The second-order valence-corrected chi connectivity index (χ2v) is 1.41. The van der Waals surface area contributed by atoms with Gasteiger partial charge >= 0.3 is 8.25 Å². The Morgan fingerprint density at radius 3 is 1.50 bits per heavy atom. The van der Waals surface area contributed by atoms with Gasteiger partial charge in [-0.05, 0) is 6.92 Å². The van der Waals surface area contributed by atoms with Crippen molar-refractivity contribution in [2.24, 2.45) is 0 Å². The Kier molecular flexibility index (Phi) is 38.2. The zero-order valence-corrected chi connectivity index (χ0v) is 6.87. The van der Waals surface area contributed by atoms with Crippen molar-refractivity contribution in [2.75, 3.05) is 6.61 Å². The number of hydrogen-bond donors (Lipinski definition) is 3. The van der Waals surface area contributed by atoms with Gasteiger partial charge in [0.1, 0.15) is 0 Å². The van der Waals surface area contributed by atoms with Crippen LogP contribution in [-0.4, -0.2) is 21.5 Å². The first-order valence-electron chi connectivity index (χ1n) is 2.38. The van der Waals surface area contributed by atoms with Crippen LogP contribution in [0.3, 0.4) is 0 Å². The van der Waals surface area contributed by atoms with Crippen LogP contribution in [-0.2, 0) is 4.57 Å². The minimum absolute atomic E-state index is 0.250. The van der Waals surface area contributed by atoms with E-state index in [1.54, 1.807) is 6.92 Å². The van der Waals surface area contributed by atoms with E-state index in [4.69, 9.17) is 19.5 Å². The Hall–Kier alpha value is -0.370. The van der Waals surface area contributed by atoms with Crippen molar-refractivity contribution in [3.63, 3.8) is 0 Å². The molecule has 3 N–H and O–H groups in total. The maximum absolute atomic E-state index is 8.74. The van der Waals surface area contributed by atoms with Crippen molar-refractivity contribution in [2.45, 2.75) is 6.92 Å². The maximum Gasteiger partial charge on any atom is 0.314 e. The number of aliphatic hydroxyl groups excluding tert-OH is 1. The SMILES string of the molecule is C=C=C.CCO.O=[PH](O)O. The molecule has 0 saturated carbocycles. The second-order valence-electron chi connectivity index (χ2n) is 0.849. The van der Waals surface area contributed by atoms with E-state index in [9.17, 15) is 0 Å². The minimum atomic E-state index is -3.13. The van der Waals surface area contributed by atoms with Gasteiger partial charge in [0.15, 0.2) is 0 Å². The van der Waals surface area contributed by atoms with Gasteiger partial charge in [-0.25, -0.2) is 0 Å². The highest BCUT2D eigenvalue weighted by molar-refractivity contribution is 7.30. The van der Waals surface area contributed by atoms with E-state index in [1.807, 2.05) is 0 Å². The second kappa shape index (κ2) is 23.4. The van der Waals surface area contributed by atoms with Gasteiger partial charge in [0.05, 0.1) is 0 Å². The quantitative estimate of drug-likeness (QED) is 0.359. The van der Waals surface area contributed by atoms with Crippen molar-refractivity contribution < 1.29 is 19.5 Å². The lowest BCUT2D eigenvalue weighted by Gasteiger charge is -1.61. The Morgan fingerprint density at radius 2 is 1.50 bits per heavy atom. The van der Waals surface area contributed by atoms with Gasteiger partial charge in [-0.1, -0.05) is 13.2 Å². The van der Waals surface area contributed by atoms with E-state index < -0.39 is 8.25 Å². The first kappa shape index (κ1) is 16.3. The van der Waals surface area contributed by atoms with Gasteiger partial charge in [-0.3, -0.25) is 4.57 Å². The van der Waals surface area contributed by atoms with Crippen LogP contribution >= 0.6 is 8.25 Å². The zero-order chi connectivity index (χ0) is 8.99. The number of hydrogen-bond acceptors (Lipinski definition) is 2. The van der Waals surface area contributed by atoms with Gasteiger partial charge in [-0.15, -0.1) is 5.73 Å². The lowest BCUT2D eigenvalue weighted by atomic mass is 10.9. The standard InChI is InChI=1S/C3H4.C2H6O.H3O3P/c1-3-2;1-2-3;1-4(2)3/h1-2H2;3H,2H2,1H3;4H,(H2,1,2,3). The molecule has 0 aromatic heterocycles. The van der Waals surface area contributed by atoms with E-state index in [0.29, 0.717) is 0 Å². The summed E-state index contributed by atoms with van der Waals surface area (Å²) in [4.78, 5) is 14.3. The molecule has 0 fully saturated rings. The summed E-state index contributed by atoms with van der Waals surface area (Å²) in [5, 5.41) is 7.57. The molecule has 0 rings (SSSR count). The molecule has 10 heavy (non-hydrogen) atoms. The van der Waals surface area contributed by atoms with Crippen molar-refractivity contribution >= 4 is 8.25 Å². The van der Waals surface area contributed by atoms with E-state index in [-0.39, 0.29) is 6.61 Å². The van der Waals surface area contributed by atoms with Crippen LogP contribution in [0.2, 0.25) is 0 Å². The fourth-order valence-electron chi connectivity index (χ4n) is 0. The molecule has 62 valence electrons. The molecule has 0 aliphatic rings. The first-order chi connectivity index (χ1) is 4.56. The molecule has 0 heterocycles. The van der Waals surface area contributed by atoms with Crippen LogP contribution in [0.1, 0.15) is 6.92 Å². The third kappa shape index (κ3) is 2450. The molecule has 0 bridgehead atoms.